The summed E-state index contributed by atoms with van der Waals surface area (Å²) >= 11 is 1.60. The van der Waals surface area contributed by atoms with Crippen molar-refractivity contribution in [1.29, 1.82) is 0 Å². The minimum atomic E-state index is 0.659. The number of hydrogen-bond donors (Lipinski definition) is 0. The zero-order valence-corrected chi connectivity index (χ0v) is 15.2. The Kier molecular flexibility index (Phi) is 4.84. The van der Waals surface area contributed by atoms with Crippen LogP contribution in [-0.4, -0.2) is 19.9 Å². The number of nitrogens with zero attached hydrogens (tertiary/aromatic N) is 4. The monoisotopic (exact) mass is 362 g/mol. The molecular weight excluding hydrogens is 344 g/mol. The molecule has 0 fully saturated rings. The van der Waals surface area contributed by atoms with E-state index in [4.69, 9.17) is 4.52 Å². The third kappa shape index (κ3) is 3.70. The van der Waals surface area contributed by atoms with E-state index < -0.39 is 0 Å². The summed E-state index contributed by atoms with van der Waals surface area (Å²) in [7, 11) is 0. The van der Waals surface area contributed by atoms with Crippen molar-refractivity contribution in [2.45, 2.75) is 24.4 Å². The third-order valence-corrected chi connectivity index (χ3v) is 5.05. The van der Waals surface area contributed by atoms with Crippen molar-refractivity contribution in [3.05, 3.63) is 83.9 Å². The first-order valence-corrected chi connectivity index (χ1v) is 9.36. The molecule has 2 heterocycles. The van der Waals surface area contributed by atoms with Crippen LogP contribution in [0, 0.1) is 6.92 Å². The van der Waals surface area contributed by atoms with Crippen LogP contribution in [-0.2, 0) is 12.3 Å². The van der Waals surface area contributed by atoms with Crippen molar-refractivity contribution < 1.29 is 4.52 Å². The van der Waals surface area contributed by atoms with Crippen molar-refractivity contribution in [2.75, 3.05) is 0 Å². The first-order valence-electron chi connectivity index (χ1n) is 8.37. The van der Waals surface area contributed by atoms with Crippen molar-refractivity contribution in [2.24, 2.45) is 0 Å². The summed E-state index contributed by atoms with van der Waals surface area (Å²) in [4.78, 5) is 0. The van der Waals surface area contributed by atoms with Gasteiger partial charge in [0.25, 0.3) is 0 Å². The molecule has 26 heavy (non-hydrogen) atoms. The molecule has 2 aromatic carbocycles. The molecule has 0 spiro atoms. The van der Waals surface area contributed by atoms with Crippen LogP contribution in [0.2, 0.25) is 0 Å². The number of hydrogen-bond acceptors (Lipinski definition) is 5. The van der Waals surface area contributed by atoms with Gasteiger partial charge in [-0.15, -0.1) is 10.2 Å². The van der Waals surface area contributed by atoms with Crippen LogP contribution in [0.15, 0.2) is 76.4 Å². The fraction of sp³-hybridized carbons (Fsp3) is 0.150. The van der Waals surface area contributed by atoms with Gasteiger partial charge in [-0.1, -0.05) is 77.6 Å². The summed E-state index contributed by atoms with van der Waals surface area (Å²) in [5, 5.41) is 13.6. The summed E-state index contributed by atoms with van der Waals surface area (Å²) in [6.07, 6.45) is 0. The normalized spacial score (nSPS) is 11.0. The molecule has 0 saturated heterocycles. The van der Waals surface area contributed by atoms with Crippen LogP contribution in [0.3, 0.4) is 0 Å². The Morgan fingerprint density at radius 2 is 1.69 bits per heavy atom. The fourth-order valence-corrected chi connectivity index (χ4v) is 3.54. The van der Waals surface area contributed by atoms with Crippen molar-refractivity contribution >= 4 is 11.8 Å². The lowest BCUT2D eigenvalue weighted by Crippen LogP contribution is -2.03. The second-order valence-corrected chi connectivity index (χ2v) is 6.88. The lowest BCUT2D eigenvalue weighted by molar-refractivity contribution is 0.397. The summed E-state index contributed by atoms with van der Waals surface area (Å²) in [5.74, 6) is 2.38. The quantitative estimate of drug-likeness (QED) is 0.470. The second-order valence-electron chi connectivity index (χ2n) is 5.93. The van der Waals surface area contributed by atoms with Gasteiger partial charge in [0, 0.05) is 11.6 Å². The van der Waals surface area contributed by atoms with Crippen LogP contribution in [0.25, 0.3) is 11.3 Å². The van der Waals surface area contributed by atoms with E-state index in [0.29, 0.717) is 5.75 Å². The van der Waals surface area contributed by atoms with Gasteiger partial charge < -0.3 is 9.09 Å². The maximum Gasteiger partial charge on any atom is 0.191 e. The van der Waals surface area contributed by atoms with E-state index in [0.717, 1.165) is 34.5 Å². The molecule has 0 aliphatic carbocycles. The third-order valence-electron chi connectivity index (χ3n) is 4.06. The molecule has 0 atom stereocenters. The minimum Gasteiger partial charge on any atom is -0.360 e. The summed E-state index contributed by atoms with van der Waals surface area (Å²) in [6, 6.07) is 22.3. The number of rotatable bonds is 6. The first kappa shape index (κ1) is 16.6. The molecule has 0 aliphatic heterocycles. The van der Waals surface area contributed by atoms with Gasteiger partial charge in [-0.25, -0.2) is 0 Å². The lowest BCUT2D eigenvalue weighted by atomic mass is 10.1. The standard InChI is InChI=1S/C20H18N4OS/c1-15-21-22-20(24(15)13-16-8-4-2-5-9-16)26-14-18-12-19(23-25-18)17-10-6-3-7-11-17/h2-12H,13-14H2,1H3. The van der Waals surface area contributed by atoms with E-state index in [1.807, 2.05) is 61.5 Å². The van der Waals surface area contributed by atoms with Crippen molar-refractivity contribution in [3.8, 4) is 11.3 Å². The first-order chi connectivity index (χ1) is 12.8. The molecule has 2 aromatic heterocycles. The van der Waals surface area contributed by atoms with Gasteiger partial charge in [0.2, 0.25) is 0 Å². The van der Waals surface area contributed by atoms with Crippen LogP contribution in [0.5, 0.6) is 0 Å². The molecule has 5 nitrogen and oxygen atoms in total. The minimum absolute atomic E-state index is 0.659. The molecular formula is C20H18N4OS. The molecule has 130 valence electrons. The smallest absolute Gasteiger partial charge is 0.191 e. The van der Waals surface area contributed by atoms with Gasteiger partial charge in [0.15, 0.2) is 5.16 Å². The lowest BCUT2D eigenvalue weighted by Gasteiger charge is -2.07. The van der Waals surface area contributed by atoms with Gasteiger partial charge in [0.1, 0.15) is 17.3 Å². The fourth-order valence-electron chi connectivity index (χ4n) is 2.68. The van der Waals surface area contributed by atoms with Crippen molar-refractivity contribution in [3.63, 3.8) is 0 Å². The maximum atomic E-state index is 5.48. The highest BCUT2D eigenvalue weighted by Crippen LogP contribution is 2.25. The van der Waals surface area contributed by atoms with Crippen LogP contribution in [0.4, 0.5) is 0 Å². The predicted molar refractivity (Wildman–Crippen MR) is 102 cm³/mol. The Labute approximate surface area is 156 Å². The second kappa shape index (κ2) is 7.58. The number of thioether (sulfide) groups is 1. The van der Waals surface area contributed by atoms with Crippen LogP contribution < -0.4 is 0 Å². The zero-order valence-electron chi connectivity index (χ0n) is 14.4. The van der Waals surface area contributed by atoms with Gasteiger partial charge in [-0.2, -0.15) is 0 Å². The van der Waals surface area contributed by atoms with Gasteiger partial charge in [-0.05, 0) is 12.5 Å². The summed E-state index contributed by atoms with van der Waals surface area (Å²) in [6.45, 7) is 2.73. The number of benzene rings is 2. The van der Waals surface area contributed by atoms with E-state index >= 15 is 0 Å². The topological polar surface area (TPSA) is 56.7 Å². The largest absolute Gasteiger partial charge is 0.360 e. The van der Waals surface area contributed by atoms with Gasteiger partial charge in [-0.3, -0.25) is 0 Å². The zero-order chi connectivity index (χ0) is 17.8. The van der Waals surface area contributed by atoms with Crippen LogP contribution in [0.1, 0.15) is 17.1 Å². The van der Waals surface area contributed by atoms with E-state index in [2.05, 4.69) is 32.1 Å². The Morgan fingerprint density at radius 3 is 2.46 bits per heavy atom. The maximum absolute atomic E-state index is 5.48. The molecule has 0 saturated carbocycles. The Bertz CT molecular complexity index is 979. The molecule has 0 unspecified atom stereocenters. The van der Waals surface area contributed by atoms with Crippen LogP contribution >= 0.6 is 11.8 Å². The molecule has 0 amide bonds. The predicted octanol–water partition coefficient (Wildman–Crippen LogP) is 4.58. The Morgan fingerprint density at radius 1 is 0.962 bits per heavy atom. The van der Waals surface area contributed by atoms with Gasteiger partial charge >= 0.3 is 0 Å². The Balaban J connectivity index is 1.47. The average Bonchev–Trinajstić information content (AvgIpc) is 3.29. The Hall–Kier alpha value is -2.86. The molecule has 0 radical (unpaired) electrons. The highest BCUT2D eigenvalue weighted by atomic mass is 32.2. The van der Waals surface area contributed by atoms with E-state index in [-0.39, 0.29) is 0 Å². The van der Waals surface area contributed by atoms with Gasteiger partial charge in [0.05, 0.1) is 12.3 Å². The molecule has 6 heteroatoms. The number of aromatic nitrogens is 4. The van der Waals surface area contributed by atoms with E-state index in [9.17, 15) is 0 Å². The molecule has 0 aliphatic rings. The highest BCUT2D eigenvalue weighted by molar-refractivity contribution is 7.98. The molecule has 4 rings (SSSR count). The summed E-state index contributed by atoms with van der Waals surface area (Å²) in [5.41, 5.74) is 3.13. The van der Waals surface area contributed by atoms with Crippen molar-refractivity contribution in [1.82, 2.24) is 19.9 Å². The molecule has 4 aromatic rings. The number of aryl methyl sites for hydroxylation is 1. The SMILES string of the molecule is Cc1nnc(SCc2cc(-c3ccccc3)no2)n1Cc1ccccc1. The molecule has 0 N–H and O–H groups in total. The highest BCUT2D eigenvalue weighted by Gasteiger charge is 2.12. The van der Waals surface area contributed by atoms with E-state index in [1.54, 1.807) is 11.8 Å². The molecule has 0 bridgehead atoms. The van der Waals surface area contributed by atoms with E-state index in [1.165, 1.54) is 5.56 Å². The average molecular weight is 362 g/mol. The summed E-state index contributed by atoms with van der Waals surface area (Å²) < 4.78 is 7.60.